The highest BCUT2D eigenvalue weighted by atomic mass is 28.4. The van der Waals surface area contributed by atoms with Crippen molar-refractivity contribution in [1.29, 1.82) is 0 Å². The van der Waals surface area contributed by atoms with Crippen LogP contribution in [-0.2, 0) is 93.4 Å². The number of hydrogen-bond donors (Lipinski definition) is 4. The Hall–Kier alpha value is -10.1. The fraction of sp³-hybridized carbons (Fsp3) is 0.318. The monoisotopic (exact) mass is 1520 g/mol. The molecule has 12 aromatic carbocycles. The molecule has 110 heavy (non-hydrogen) atoms. The van der Waals surface area contributed by atoms with Crippen LogP contribution < -0.4 is 40.2 Å². The number of hydrogen-bond acceptors (Lipinski definition) is 16. The van der Waals surface area contributed by atoms with Gasteiger partial charge in [-0.05, 0) is 175 Å². The van der Waals surface area contributed by atoms with Crippen LogP contribution in [0.25, 0.3) is 64.6 Å². The van der Waals surface area contributed by atoms with Crippen LogP contribution in [0.3, 0.4) is 0 Å². The van der Waals surface area contributed by atoms with Gasteiger partial charge in [0.15, 0.2) is 26.4 Å². The summed E-state index contributed by atoms with van der Waals surface area (Å²) in [5.41, 5.74) is 7.80. The summed E-state index contributed by atoms with van der Waals surface area (Å²) in [4.78, 5) is 57.0. The maximum absolute atomic E-state index is 14.4. The van der Waals surface area contributed by atoms with Crippen LogP contribution in [0.5, 0.6) is 23.0 Å². The third-order valence-corrected chi connectivity index (χ3v) is 24.6. The van der Waals surface area contributed by atoms with Gasteiger partial charge >= 0.3 is 18.1 Å². The first-order valence-corrected chi connectivity index (χ1v) is 41.5. The topological polar surface area (TPSA) is 227 Å². The molecule has 0 saturated carbocycles. The number of ether oxygens (including phenoxy) is 4. The number of carbonyl (C=O) groups is 4. The predicted molar refractivity (Wildman–Crippen MR) is 431 cm³/mol. The molecule has 0 atom stereocenters. The lowest BCUT2D eigenvalue weighted by molar-refractivity contribution is -0.124. The average molecular weight is 1520 g/mol. The highest BCUT2D eigenvalue weighted by molar-refractivity contribution is 6.54. The van der Waals surface area contributed by atoms with Crippen molar-refractivity contribution in [2.75, 3.05) is 92.4 Å². The number of benzene rings is 12. The molecule has 8 bridgehead atoms. The largest absolute Gasteiger partial charge is 0.679 e. The van der Waals surface area contributed by atoms with E-state index < -0.39 is 18.1 Å². The molecule has 4 N–H and O–H groups in total. The van der Waals surface area contributed by atoms with E-state index in [1.54, 1.807) is 0 Å². The molecule has 0 aliphatic heterocycles. The average Bonchev–Trinajstić information content (AvgIpc) is 0.748. The Labute approximate surface area is 643 Å². The van der Waals surface area contributed by atoms with Crippen LogP contribution in [0, 0.1) is 0 Å². The molecule has 4 amide bonds. The van der Waals surface area contributed by atoms with Crippen LogP contribution in [0.2, 0.25) is 0 Å². The maximum Gasteiger partial charge on any atom is 0.679 e. The zero-order chi connectivity index (χ0) is 76.4. The summed E-state index contributed by atoms with van der Waals surface area (Å²) in [6, 6.07) is 61.7. The second-order valence-corrected chi connectivity index (χ2v) is 31.2. The molecule has 12 aromatic rings. The summed E-state index contributed by atoms with van der Waals surface area (Å²) in [6.45, 7) is 13.4. The van der Waals surface area contributed by atoms with E-state index in [1.165, 1.54) is 10.8 Å². The van der Waals surface area contributed by atoms with E-state index in [2.05, 4.69) is 130 Å². The fourth-order valence-electron chi connectivity index (χ4n) is 14.8. The van der Waals surface area contributed by atoms with Crippen molar-refractivity contribution >= 4 is 106 Å². The molecule has 0 aromatic heterocycles. The Morgan fingerprint density at radius 3 is 0.818 bits per heavy atom. The number of carbonyl (C=O) groups excluding carboxylic acids is 4. The molecule has 0 spiro atoms. The lowest BCUT2D eigenvalue weighted by atomic mass is 9.91. The van der Waals surface area contributed by atoms with E-state index >= 15 is 0 Å². The Morgan fingerprint density at radius 1 is 0.291 bits per heavy atom. The van der Waals surface area contributed by atoms with Crippen LogP contribution in [0.1, 0.15) is 110 Å². The van der Waals surface area contributed by atoms with Gasteiger partial charge < -0.3 is 75.6 Å². The zero-order valence-electron chi connectivity index (χ0n) is 63.4. The third kappa shape index (κ3) is 18.3. The molecule has 572 valence electrons. The second-order valence-electron chi connectivity index (χ2n) is 26.9. The quantitative estimate of drug-likeness (QED) is 0.0160. The molecule has 0 radical (unpaired) electrons. The van der Waals surface area contributed by atoms with Gasteiger partial charge in [0, 0.05) is 105 Å². The molecule has 0 saturated heterocycles. The van der Waals surface area contributed by atoms with Gasteiger partial charge in [-0.25, -0.2) is 0 Å². The van der Waals surface area contributed by atoms with Crippen LogP contribution in [0.4, 0.5) is 0 Å². The Kier molecular flexibility index (Phi) is 26.3. The molecule has 0 heterocycles. The second kappa shape index (κ2) is 37.1. The SMILES string of the molecule is CCO[Si](OCC)(OCC)OCCCNC(=O)COc1c2cccc1Cc1cccc(c1OCC(=O)NCc1ccc3ccc4cccc5ccc1c3c45)Cc1cccc(c1OCC(=O)NCCCO[Si](OCC)(OCC)OCC)Cc1cccc(c1OCC(=O)NCc1ccc3ccc4cccc5ccc1c3c45)C2. The van der Waals surface area contributed by atoms with Gasteiger partial charge in [0.1, 0.15) is 23.0 Å². The summed E-state index contributed by atoms with van der Waals surface area (Å²) in [5, 5.41) is 26.1. The van der Waals surface area contributed by atoms with E-state index in [-0.39, 0.29) is 115 Å². The fourth-order valence-corrected chi connectivity index (χ4v) is 18.7. The molecule has 0 unspecified atom stereocenters. The van der Waals surface area contributed by atoms with Gasteiger partial charge in [-0.3, -0.25) is 19.2 Å². The van der Waals surface area contributed by atoms with Crippen molar-refractivity contribution in [3.8, 4) is 23.0 Å². The molecule has 22 heteroatoms. The molecule has 1 aliphatic rings. The van der Waals surface area contributed by atoms with E-state index in [9.17, 15) is 19.2 Å². The minimum absolute atomic E-state index is 0.219. The van der Waals surface area contributed by atoms with Crippen molar-refractivity contribution in [2.24, 2.45) is 0 Å². The number of para-hydroxylation sites is 4. The molecular formula is C88H96N4O16Si2. The standard InChI is InChI=1S/C88H96N4O16Si2/c1-7-101-109(102-8-2,103-9-3)107-47-19-45-89-77(93)55-97-85-65-25-15-26-66(85)50-70-30-18-32-72(88(70)100-58-80(96)92-54-74-40-38-64-36-34-60-22-14-24-62-42-44-76(74)84(64)82(60)62)52-68-28-16-27-67(86(68)98-56-78(94)90-46-20-48-108-110(104-10-4,105-11-5)106-12-6)51-71-31-17-29-69(49-65)87(71)99-57-79(95)91-53-73-39-37-63-35-33-59-21-13-23-61-41-43-75(73)83(63)81(59)61/h13-18,21-44H,7-12,19-20,45-58H2,1-6H3,(H,89,93)(H,90,94)(H,91,95)(H,92,96). The molecule has 1 aliphatic carbocycles. The molecular weight excluding hydrogens is 1430 g/mol. The zero-order valence-corrected chi connectivity index (χ0v) is 65.4. The number of nitrogens with one attached hydrogen (secondary N) is 4. The highest BCUT2D eigenvalue weighted by Crippen LogP contribution is 2.42. The first-order valence-electron chi connectivity index (χ1n) is 38.3. The maximum atomic E-state index is 14.4. The van der Waals surface area contributed by atoms with Gasteiger partial charge in [-0.1, -0.05) is 182 Å². The van der Waals surface area contributed by atoms with Crippen molar-refractivity contribution < 1.29 is 73.5 Å². The van der Waals surface area contributed by atoms with Gasteiger partial charge in [-0.15, -0.1) is 0 Å². The lowest BCUT2D eigenvalue weighted by Crippen LogP contribution is -2.49. The summed E-state index contributed by atoms with van der Waals surface area (Å²) in [7, 11) is -6.77. The Balaban J connectivity index is 0.816. The van der Waals surface area contributed by atoms with E-state index in [4.69, 9.17) is 54.4 Å². The first kappa shape index (κ1) is 78.0. The van der Waals surface area contributed by atoms with Gasteiger partial charge in [0.05, 0.1) is 0 Å². The van der Waals surface area contributed by atoms with Gasteiger partial charge in [0.2, 0.25) is 0 Å². The summed E-state index contributed by atoms with van der Waals surface area (Å²) < 4.78 is 74.9. The number of amides is 4. The van der Waals surface area contributed by atoms with E-state index in [0.29, 0.717) is 75.5 Å². The van der Waals surface area contributed by atoms with Crippen molar-refractivity contribution in [2.45, 2.75) is 93.2 Å². The van der Waals surface area contributed by atoms with E-state index in [1.807, 2.05) is 114 Å². The van der Waals surface area contributed by atoms with Crippen molar-refractivity contribution in [3.05, 3.63) is 238 Å². The molecule has 13 rings (SSSR count). The molecule has 20 nitrogen and oxygen atoms in total. The molecule has 0 fully saturated rings. The highest BCUT2D eigenvalue weighted by Gasteiger charge is 2.46. The van der Waals surface area contributed by atoms with Gasteiger partial charge in [0.25, 0.3) is 23.6 Å². The van der Waals surface area contributed by atoms with Crippen molar-refractivity contribution in [3.63, 3.8) is 0 Å². The van der Waals surface area contributed by atoms with Crippen LogP contribution in [-0.4, -0.2) is 134 Å². The smallest absolute Gasteiger partial charge is 0.483 e. The van der Waals surface area contributed by atoms with Crippen molar-refractivity contribution in [1.82, 2.24) is 21.3 Å². The Bertz CT molecular complexity index is 4720. The number of rotatable bonds is 38. The van der Waals surface area contributed by atoms with E-state index in [0.717, 1.165) is 109 Å². The summed E-state index contributed by atoms with van der Waals surface area (Å²) >= 11 is 0. The number of fused-ring (bicyclic) bond motifs is 8. The minimum atomic E-state index is -3.39. The summed E-state index contributed by atoms with van der Waals surface area (Å²) in [6.07, 6.45) is 1.81. The van der Waals surface area contributed by atoms with Crippen LogP contribution in [0.15, 0.2) is 182 Å². The third-order valence-electron chi connectivity index (χ3n) is 19.6. The lowest BCUT2D eigenvalue weighted by Gasteiger charge is -2.26. The predicted octanol–water partition coefficient (Wildman–Crippen LogP) is 14.4. The van der Waals surface area contributed by atoms with Gasteiger partial charge in [-0.2, -0.15) is 0 Å². The summed E-state index contributed by atoms with van der Waals surface area (Å²) in [5.74, 6) is 0.495. The van der Waals surface area contributed by atoms with Crippen LogP contribution >= 0.6 is 0 Å². The minimum Gasteiger partial charge on any atom is -0.483 e. The Morgan fingerprint density at radius 2 is 0.536 bits per heavy atom. The first-order chi connectivity index (χ1) is 53.8. The normalized spacial score (nSPS) is 12.5.